The maximum Gasteiger partial charge on any atom is 0.254 e. The molecule has 2 atom stereocenters. The molecule has 4 aromatic rings. The first-order chi connectivity index (χ1) is 19.8. The molecule has 1 amide bonds. The SMILES string of the molecule is CCCSc1cccc(-c2cc(C(=O)N3CCCC3C)cc(-c3nnc([C@](C)(N)Cc4ccccc4)o3)c2)c1C#N. The van der Waals surface area contributed by atoms with Gasteiger partial charge in [0.25, 0.3) is 5.91 Å². The van der Waals surface area contributed by atoms with Crippen LogP contribution in [0.25, 0.3) is 22.6 Å². The maximum atomic E-state index is 13.7. The molecule has 41 heavy (non-hydrogen) atoms. The van der Waals surface area contributed by atoms with E-state index in [-0.39, 0.29) is 17.8 Å². The van der Waals surface area contributed by atoms with E-state index in [1.165, 1.54) is 0 Å². The average molecular weight is 566 g/mol. The third-order valence-electron chi connectivity index (χ3n) is 7.48. The molecule has 1 aromatic heterocycles. The van der Waals surface area contributed by atoms with Gasteiger partial charge in [0.05, 0.1) is 11.1 Å². The van der Waals surface area contributed by atoms with Gasteiger partial charge >= 0.3 is 0 Å². The molecule has 0 spiro atoms. The molecule has 0 saturated carbocycles. The minimum atomic E-state index is -0.882. The lowest BCUT2D eigenvalue weighted by atomic mass is 9.94. The summed E-state index contributed by atoms with van der Waals surface area (Å²) in [5.74, 6) is 1.48. The Morgan fingerprint density at radius 2 is 1.93 bits per heavy atom. The van der Waals surface area contributed by atoms with Gasteiger partial charge in [0, 0.05) is 34.2 Å². The highest BCUT2D eigenvalue weighted by molar-refractivity contribution is 7.99. The molecule has 1 unspecified atom stereocenters. The second kappa shape index (κ2) is 12.3. The van der Waals surface area contributed by atoms with Crippen LogP contribution in [0.2, 0.25) is 0 Å². The van der Waals surface area contributed by atoms with E-state index in [1.807, 2.05) is 72.5 Å². The number of nitriles is 1. The Labute approximate surface area is 245 Å². The quantitative estimate of drug-likeness (QED) is 0.222. The number of amides is 1. The van der Waals surface area contributed by atoms with Crippen molar-refractivity contribution >= 4 is 17.7 Å². The fourth-order valence-corrected chi connectivity index (χ4v) is 6.22. The minimum absolute atomic E-state index is 0.0411. The first-order valence-electron chi connectivity index (χ1n) is 14.1. The van der Waals surface area contributed by atoms with Crippen molar-refractivity contribution in [1.29, 1.82) is 5.26 Å². The van der Waals surface area contributed by atoms with Crippen LogP contribution in [0.3, 0.4) is 0 Å². The molecular weight excluding hydrogens is 530 g/mol. The van der Waals surface area contributed by atoms with Gasteiger partial charge in [0.15, 0.2) is 0 Å². The van der Waals surface area contributed by atoms with E-state index in [0.29, 0.717) is 29.0 Å². The van der Waals surface area contributed by atoms with Gasteiger partial charge in [0.2, 0.25) is 11.8 Å². The molecule has 2 heterocycles. The molecule has 5 rings (SSSR count). The summed E-state index contributed by atoms with van der Waals surface area (Å²) in [6, 6.07) is 24.0. The molecule has 0 bridgehead atoms. The zero-order valence-electron chi connectivity index (χ0n) is 23.8. The summed E-state index contributed by atoms with van der Waals surface area (Å²) >= 11 is 1.67. The Morgan fingerprint density at radius 3 is 2.63 bits per heavy atom. The summed E-state index contributed by atoms with van der Waals surface area (Å²) in [5, 5.41) is 18.8. The zero-order chi connectivity index (χ0) is 29.0. The van der Waals surface area contributed by atoms with Crippen LogP contribution in [0, 0.1) is 11.3 Å². The maximum absolute atomic E-state index is 13.7. The fraction of sp³-hybridized carbons (Fsp3) is 0.333. The molecule has 8 heteroatoms. The summed E-state index contributed by atoms with van der Waals surface area (Å²) in [6.45, 7) is 6.80. The summed E-state index contributed by atoms with van der Waals surface area (Å²) in [7, 11) is 0. The minimum Gasteiger partial charge on any atom is -0.419 e. The highest BCUT2D eigenvalue weighted by Gasteiger charge is 2.30. The largest absolute Gasteiger partial charge is 0.419 e. The summed E-state index contributed by atoms with van der Waals surface area (Å²) in [5.41, 5.74) is 10.1. The first-order valence-corrected chi connectivity index (χ1v) is 15.1. The fourth-order valence-electron chi connectivity index (χ4n) is 5.32. The molecule has 2 N–H and O–H groups in total. The smallest absolute Gasteiger partial charge is 0.254 e. The van der Waals surface area contributed by atoms with Crippen LogP contribution in [0.1, 0.15) is 67.4 Å². The van der Waals surface area contributed by atoms with Crippen LogP contribution in [0.5, 0.6) is 0 Å². The standard InChI is InChI=1S/C33H35N5O2S/c1-4-16-41-29-14-8-13-27(28(29)21-34)24-17-25(19-26(18-24)31(39)38-15-9-10-22(38)2)30-36-37-32(40-30)33(3,35)20-23-11-6-5-7-12-23/h5-8,11-14,17-19,22H,4,9-10,15-16,20,35H2,1-3H3/t22?,33-/m1/s1. The van der Waals surface area contributed by atoms with E-state index in [0.717, 1.165) is 53.1 Å². The molecule has 7 nitrogen and oxygen atoms in total. The lowest BCUT2D eigenvalue weighted by Gasteiger charge is -2.22. The summed E-state index contributed by atoms with van der Waals surface area (Å²) in [6.07, 6.45) is 3.50. The second-order valence-electron chi connectivity index (χ2n) is 10.9. The highest BCUT2D eigenvalue weighted by Crippen LogP contribution is 2.36. The van der Waals surface area contributed by atoms with Gasteiger partial charge in [0.1, 0.15) is 6.07 Å². The molecule has 0 aliphatic carbocycles. The van der Waals surface area contributed by atoms with Crippen LogP contribution in [0.4, 0.5) is 0 Å². The number of nitrogens with zero attached hydrogens (tertiary/aromatic N) is 4. The molecule has 1 aliphatic heterocycles. The van der Waals surface area contributed by atoms with Crippen LogP contribution < -0.4 is 5.73 Å². The first kappa shape index (κ1) is 28.6. The number of hydrogen-bond donors (Lipinski definition) is 1. The zero-order valence-corrected chi connectivity index (χ0v) is 24.6. The molecule has 0 radical (unpaired) electrons. The Kier molecular flexibility index (Phi) is 8.57. The number of rotatable bonds is 9. The van der Waals surface area contributed by atoms with Crippen molar-refractivity contribution in [2.75, 3.05) is 12.3 Å². The van der Waals surface area contributed by atoms with Crippen LogP contribution in [-0.4, -0.2) is 39.3 Å². The van der Waals surface area contributed by atoms with Gasteiger partial charge in [-0.2, -0.15) is 5.26 Å². The topological polar surface area (TPSA) is 109 Å². The molecule has 1 saturated heterocycles. The van der Waals surface area contributed by atoms with Gasteiger partial charge in [-0.15, -0.1) is 22.0 Å². The lowest BCUT2D eigenvalue weighted by molar-refractivity contribution is 0.0747. The van der Waals surface area contributed by atoms with Crippen molar-refractivity contribution < 1.29 is 9.21 Å². The van der Waals surface area contributed by atoms with Crippen LogP contribution in [-0.2, 0) is 12.0 Å². The summed E-state index contributed by atoms with van der Waals surface area (Å²) < 4.78 is 6.17. The number of benzene rings is 3. The number of aromatic nitrogens is 2. The van der Waals surface area contributed by atoms with Crippen molar-refractivity contribution in [2.45, 2.75) is 62.9 Å². The molecule has 1 fully saturated rings. The Hall–Kier alpha value is -3.93. The predicted octanol–water partition coefficient (Wildman–Crippen LogP) is 6.82. The number of thioether (sulfide) groups is 1. The van der Waals surface area contributed by atoms with Gasteiger partial charge in [-0.25, -0.2) is 0 Å². The second-order valence-corrected chi connectivity index (χ2v) is 12.1. The van der Waals surface area contributed by atoms with Crippen molar-refractivity contribution in [2.24, 2.45) is 5.73 Å². The third-order valence-corrected chi connectivity index (χ3v) is 8.74. The van der Waals surface area contributed by atoms with Gasteiger partial charge < -0.3 is 15.1 Å². The summed E-state index contributed by atoms with van der Waals surface area (Å²) in [4.78, 5) is 16.6. The van der Waals surface area contributed by atoms with Gasteiger partial charge in [-0.1, -0.05) is 49.4 Å². The number of hydrogen-bond acceptors (Lipinski definition) is 7. The molecular formula is C33H35N5O2S. The number of likely N-dealkylation sites (tertiary alicyclic amines) is 1. The Bertz CT molecular complexity index is 1570. The van der Waals surface area contributed by atoms with Crippen molar-refractivity contribution in [1.82, 2.24) is 15.1 Å². The number of carbonyl (C=O) groups is 1. The van der Waals surface area contributed by atoms with E-state index in [2.05, 4.69) is 30.1 Å². The number of carbonyl (C=O) groups excluding carboxylic acids is 1. The molecule has 3 aromatic carbocycles. The van der Waals surface area contributed by atoms with Crippen molar-refractivity contribution in [3.05, 3.63) is 89.3 Å². The van der Waals surface area contributed by atoms with E-state index in [9.17, 15) is 10.1 Å². The molecule has 210 valence electrons. The van der Waals surface area contributed by atoms with E-state index in [4.69, 9.17) is 10.2 Å². The molecule has 1 aliphatic rings. The van der Waals surface area contributed by atoms with Gasteiger partial charge in [-0.3, -0.25) is 4.79 Å². The van der Waals surface area contributed by atoms with Crippen molar-refractivity contribution in [3.8, 4) is 28.7 Å². The van der Waals surface area contributed by atoms with Crippen LogP contribution in [0.15, 0.2) is 76.0 Å². The lowest BCUT2D eigenvalue weighted by Crippen LogP contribution is -2.35. The van der Waals surface area contributed by atoms with Crippen molar-refractivity contribution in [3.63, 3.8) is 0 Å². The third kappa shape index (κ3) is 6.22. The Balaban J connectivity index is 1.58. The van der Waals surface area contributed by atoms with E-state index >= 15 is 0 Å². The van der Waals surface area contributed by atoms with Gasteiger partial charge in [-0.05, 0) is 80.7 Å². The van der Waals surface area contributed by atoms with Crippen LogP contribution >= 0.6 is 11.8 Å². The van der Waals surface area contributed by atoms with E-state index < -0.39 is 5.54 Å². The van der Waals surface area contributed by atoms with E-state index in [1.54, 1.807) is 17.8 Å². The highest BCUT2D eigenvalue weighted by atomic mass is 32.2. The average Bonchev–Trinajstić information content (AvgIpc) is 3.66. The number of nitrogens with two attached hydrogens (primary N) is 1. The normalized spacial score (nSPS) is 16.4. The predicted molar refractivity (Wildman–Crippen MR) is 162 cm³/mol. The monoisotopic (exact) mass is 565 g/mol. The Morgan fingerprint density at radius 1 is 1.15 bits per heavy atom.